The lowest BCUT2D eigenvalue weighted by molar-refractivity contribution is -0.136. The molecule has 2 aromatic rings. The van der Waals surface area contributed by atoms with Gasteiger partial charge in [-0.15, -0.1) is 11.3 Å². The zero-order valence-corrected chi connectivity index (χ0v) is 19.4. The topological polar surface area (TPSA) is 95.6 Å². The van der Waals surface area contributed by atoms with Crippen molar-refractivity contribution in [3.05, 3.63) is 52.9 Å². The number of thiophene rings is 1. The third-order valence-electron chi connectivity index (χ3n) is 5.78. The van der Waals surface area contributed by atoms with Crippen LogP contribution in [0.4, 0.5) is 11.4 Å². The molecule has 0 radical (unpaired) electrons. The number of rotatable bonds is 6. The first kappa shape index (κ1) is 22.5. The van der Waals surface area contributed by atoms with E-state index in [4.69, 9.17) is 0 Å². The first-order valence-corrected chi connectivity index (χ1v) is 13.2. The lowest BCUT2D eigenvalue weighted by Gasteiger charge is -2.30. The molecule has 1 aliphatic carbocycles. The third-order valence-corrected chi connectivity index (χ3v) is 8.97. The first-order chi connectivity index (χ1) is 15.4. The van der Waals surface area contributed by atoms with E-state index in [-0.39, 0.29) is 4.21 Å². The molecule has 9 heteroatoms. The molecule has 1 aromatic heterocycles. The van der Waals surface area contributed by atoms with Gasteiger partial charge in [-0.3, -0.25) is 13.9 Å². The van der Waals surface area contributed by atoms with Gasteiger partial charge in [-0.05, 0) is 74.1 Å². The summed E-state index contributed by atoms with van der Waals surface area (Å²) in [7, 11) is -3.66. The minimum absolute atomic E-state index is 0.284. The number of allylic oxidation sites excluding steroid dienone is 1. The van der Waals surface area contributed by atoms with Gasteiger partial charge in [-0.25, -0.2) is 8.42 Å². The summed E-state index contributed by atoms with van der Waals surface area (Å²) in [5.41, 5.74) is 3.18. The van der Waals surface area contributed by atoms with Crippen LogP contribution in [0.5, 0.6) is 0 Å². The van der Waals surface area contributed by atoms with Gasteiger partial charge < -0.3 is 10.6 Å². The first-order valence-electron chi connectivity index (χ1n) is 10.9. The molecule has 2 aliphatic rings. The van der Waals surface area contributed by atoms with E-state index in [1.165, 1.54) is 34.1 Å². The van der Waals surface area contributed by atoms with Crippen LogP contribution in [0.25, 0.3) is 0 Å². The number of carbonyl (C=O) groups is 2. The molecule has 170 valence electrons. The second-order valence-electron chi connectivity index (χ2n) is 8.02. The number of aryl methyl sites for hydroxylation is 1. The van der Waals surface area contributed by atoms with Gasteiger partial charge in [0.2, 0.25) is 0 Å². The van der Waals surface area contributed by atoms with Crippen molar-refractivity contribution in [1.82, 2.24) is 5.32 Å². The van der Waals surface area contributed by atoms with E-state index >= 15 is 0 Å². The number of hydrogen-bond acceptors (Lipinski definition) is 5. The number of hydrogen-bond donors (Lipinski definition) is 2. The van der Waals surface area contributed by atoms with Crippen LogP contribution in [0.3, 0.4) is 0 Å². The van der Waals surface area contributed by atoms with Gasteiger partial charge in [-0.1, -0.05) is 23.8 Å². The predicted molar refractivity (Wildman–Crippen MR) is 126 cm³/mol. The highest BCUT2D eigenvalue weighted by Crippen LogP contribution is 2.35. The van der Waals surface area contributed by atoms with E-state index in [2.05, 4.69) is 16.7 Å². The Morgan fingerprint density at radius 2 is 1.94 bits per heavy atom. The van der Waals surface area contributed by atoms with Crippen LogP contribution in [0.2, 0.25) is 0 Å². The molecule has 4 rings (SSSR count). The predicted octanol–water partition coefficient (Wildman–Crippen LogP) is 3.83. The van der Waals surface area contributed by atoms with Crippen LogP contribution in [0.15, 0.2) is 51.6 Å². The minimum atomic E-state index is -3.66. The second-order valence-corrected chi connectivity index (χ2v) is 11.1. The lowest BCUT2D eigenvalue weighted by Crippen LogP contribution is -2.37. The zero-order chi connectivity index (χ0) is 22.6. The summed E-state index contributed by atoms with van der Waals surface area (Å²) in [4.78, 5) is 24.6. The monoisotopic (exact) mass is 473 g/mol. The van der Waals surface area contributed by atoms with Crippen molar-refractivity contribution in [1.29, 1.82) is 0 Å². The number of carbonyl (C=O) groups excluding carboxylic acids is 2. The maximum absolute atomic E-state index is 13.1. The highest BCUT2D eigenvalue weighted by Gasteiger charge is 2.30. The molecular formula is C23H27N3O4S2. The molecule has 2 N–H and O–H groups in total. The molecule has 0 saturated heterocycles. The normalized spacial score (nSPS) is 16.1. The van der Waals surface area contributed by atoms with Crippen LogP contribution in [-0.4, -0.2) is 33.3 Å². The van der Waals surface area contributed by atoms with Crippen molar-refractivity contribution in [2.75, 3.05) is 22.7 Å². The fourth-order valence-corrected chi connectivity index (χ4v) is 6.76. The molecule has 2 heterocycles. The number of anilines is 2. The Hall–Kier alpha value is -2.65. The minimum Gasteiger partial charge on any atom is -0.348 e. The van der Waals surface area contributed by atoms with E-state index in [0.717, 1.165) is 37.7 Å². The van der Waals surface area contributed by atoms with Crippen molar-refractivity contribution < 1.29 is 18.0 Å². The SMILES string of the molecule is O=C(NCCC1=CCCCC1)C(=O)Nc1ccc2c(c1)N(S(=O)(=O)c1cccs1)CCC2. The van der Waals surface area contributed by atoms with Crippen LogP contribution in [0.1, 0.15) is 44.1 Å². The van der Waals surface area contributed by atoms with Crippen LogP contribution >= 0.6 is 11.3 Å². The van der Waals surface area contributed by atoms with Crippen molar-refractivity contribution in [2.45, 2.75) is 49.2 Å². The standard InChI is InChI=1S/C23H27N3O4S2/c27-22(24-13-12-17-6-2-1-3-7-17)23(28)25-19-11-10-18-8-4-14-26(20(18)16-19)32(29,30)21-9-5-15-31-21/h5-6,9-11,15-16H,1-4,7-8,12-14H2,(H,24,27)(H,25,28). The molecule has 0 atom stereocenters. The van der Waals surface area contributed by atoms with E-state index < -0.39 is 21.8 Å². The molecule has 0 saturated carbocycles. The summed E-state index contributed by atoms with van der Waals surface area (Å²) >= 11 is 1.18. The van der Waals surface area contributed by atoms with Crippen molar-refractivity contribution in [3.8, 4) is 0 Å². The number of fused-ring (bicyclic) bond motifs is 1. The van der Waals surface area contributed by atoms with Crippen molar-refractivity contribution in [3.63, 3.8) is 0 Å². The van der Waals surface area contributed by atoms with Gasteiger partial charge in [0.25, 0.3) is 10.0 Å². The van der Waals surface area contributed by atoms with Crippen LogP contribution in [-0.2, 0) is 26.0 Å². The van der Waals surface area contributed by atoms with E-state index in [0.29, 0.717) is 24.5 Å². The Bertz CT molecular complexity index is 1120. The van der Waals surface area contributed by atoms with Gasteiger partial charge in [0, 0.05) is 18.8 Å². The number of nitrogens with zero attached hydrogens (tertiary/aromatic N) is 1. The van der Waals surface area contributed by atoms with Crippen LogP contribution in [0, 0.1) is 0 Å². The number of amides is 2. The second kappa shape index (κ2) is 9.87. The summed E-state index contributed by atoms with van der Waals surface area (Å²) in [6.45, 7) is 0.802. The van der Waals surface area contributed by atoms with Gasteiger partial charge in [-0.2, -0.15) is 0 Å². The Morgan fingerprint density at radius 3 is 2.69 bits per heavy atom. The summed E-state index contributed by atoms with van der Waals surface area (Å²) < 4.78 is 27.8. The van der Waals surface area contributed by atoms with Gasteiger partial charge in [0.1, 0.15) is 4.21 Å². The molecule has 1 aromatic carbocycles. The quantitative estimate of drug-likeness (QED) is 0.492. The van der Waals surface area contributed by atoms with Gasteiger partial charge >= 0.3 is 11.8 Å². The van der Waals surface area contributed by atoms with E-state index in [1.807, 2.05) is 6.07 Å². The zero-order valence-electron chi connectivity index (χ0n) is 17.8. The highest BCUT2D eigenvalue weighted by atomic mass is 32.2. The van der Waals surface area contributed by atoms with Gasteiger partial charge in [0.05, 0.1) is 5.69 Å². The number of benzene rings is 1. The maximum atomic E-state index is 13.1. The molecular weight excluding hydrogens is 446 g/mol. The Labute approximate surface area is 192 Å². The largest absolute Gasteiger partial charge is 0.348 e. The molecule has 0 fully saturated rings. The van der Waals surface area contributed by atoms with Crippen LogP contribution < -0.4 is 14.9 Å². The fourth-order valence-electron chi connectivity index (χ4n) is 4.12. The number of sulfonamides is 1. The highest BCUT2D eigenvalue weighted by molar-refractivity contribution is 7.94. The molecule has 32 heavy (non-hydrogen) atoms. The van der Waals surface area contributed by atoms with Gasteiger partial charge in [0.15, 0.2) is 0 Å². The molecule has 2 amide bonds. The van der Waals surface area contributed by atoms with E-state index in [1.54, 1.807) is 29.6 Å². The fraction of sp³-hybridized carbons (Fsp3) is 0.391. The lowest BCUT2D eigenvalue weighted by atomic mass is 9.97. The Balaban J connectivity index is 1.42. The van der Waals surface area contributed by atoms with E-state index in [9.17, 15) is 18.0 Å². The third kappa shape index (κ3) is 5.05. The van der Waals surface area contributed by atoms with Crippen molar-refractivity contribution in [2.24, 2.45) is 0 Å². The maximum Gasteiger partial charge on any atom is 0.313 e. The number of nitrogens with one attached hydrogen (secondary N) is 2. The average molecular weight is 474 g/mol. The Morgan fingerprint density at radius 1 is 1.06 bits per heavy atom. The molecule has 0 unspecified atom stereocenters. The average Bonchev–Trinajstić information content (AvgIpc) is 3.35. The molecule has 7 nitrogen and oxygen atoms in total. The summed E-state index contributed by atoms with van der Waals surface area (Å²) in [6.07, 6.45) is 9.00. The summed E-state index contributed by atoms with van der Waals surface area (Å²) in [5, 5.41) is 7.00. The molecule has 0 bridgehead atoms. The molecule has 0 spiro atoms. The summed E-state index contributed by atoms with van der Waals surface area (Å²) in [5.74, 6) is -1.45. The Kier molecular flexibility index (Phi) is 6.95. The van der Waals surface area contributed by atoms with Crippen molar-refractivity contribution >= 4 is 44.5 Å². The molecule has 1 aliphatic heterocycles. The summed E-state index contributed by atoms with van der Waals surface area (Å²) in [6, 6.07) is 8.46. The smallest absolute Gasteiger partial charge is 0.313 e.